The molecule has 0 heterocycles. The van der Waals surface area contributed by atoms with E-state index in [1.807, 2.05) is 13.8 Å². The first-order valence-corrected chi connectivity index (χ1v) is 5.97. The summed E-state index contributed by atoms with van der Waals surface area (Å²) < 4.78 is 5.34. The molecule has 0 fully saturated rings. The standard InChI is InChI=1S/C13H24O2/c1-13(2,15-3)10-12(14)11-8-6-4-5-7-9-11/h8,12,14H,4-7,9-10H2,1-3H3. The minimum atomic E-state index is -0.321. The molecule has 0 aliphatic heterocycles. The van der Waals surface area contributed by atoms with Gasteiger partial charge in [-0.15, -0.1) is 0 Å². The Bertz CT molecular complexity index is 219. The van der Waals surface area contributed by atoms with Crippen molar-refractivity contribution < 1.29 is 9.84 Å². The maximum atomic E-state index is 10.1. The van der Waals surface area contributed by atoms with E-state index in [0.29, 0.717) is 6.42 Å². The third kappa shape index (κ3) is 4.35. The zero-order valence-corrected chi connectivity index (χ0v) is 10.3. The fraction of sp³-hybridized carbons (Fsp3) is 0.846. The second kappa shape index (κ2) is 5.66. The minimum Gasteiger partial charge on any atom is -0.389 e. The predicted octanol–water partition coefficient (Wildman–Crippen LogP) is 3.05. The molecule has 88 valence electrons. The first kappa shape index (κ1) is 12.7. The summed E-state index contributed by atoms with van der Waals surface area (Å²) in [6, 6.07) is 0. The van der Waals surface area contributed by atoms with Gasteiger partial charge in [0, 0.05) is 13.5 Å². The third-order valence-corrected chi connectivity index (χ3v) is 3.24. The summed E-state index contributed by atoms with van der Waals surface area (Å²) in [5, 5.41) is 10.1. The van der Waals surface area contributed by atoms with E-state index in [9.17, 15) is 5.11 Å². The van der Waals surface area contributed by atoms with Gasteiger partial charge in [0.25, 0.3) is 0 Å². The molecule has 0 saturated heterocycles. The Hall–Kier alpha value is -0.340. The third-order valence-electron chi connectivity index (χ3n) is 3.24. The molecule has 0 radical (unpaired) electrons. The number of aliphatic hydroxyl groups excluding tert-OH is 1. The average Bonchev–Trinajstić information content (AvgIpc) is 2.45. The van der Waals surface area contributed by atoms with Crippen LogP contribution in [0.5, 0.6) is 0 Å². The fourth-order valence-corrected chi connectivity index (χ4v) is 2.02. The Labute approximate surface area is 93.3 Å². The normalized spacial score (nSPS) is 20.7. The van der Waals surface area contributed by atoms with Crippen molar-refractivity contribution in [3.05, 3.63) is 11.6 Å². The van der Waals surface area contributed by atoms with Crippen LogP contribution < -0.4 is 0 Å². The first-order valence-electron chi connectivity index (χ1n) is 5.97. The summed E-state index contributed by atoms with van der Waals surface area (Å²) in [5.74, 6) is 0. The van der Waals surface area contributed by atoms with Crippen LogP contribution in [0, 0.1) is 0 Å². The van der Waals surface area contributed by atoms with Crippen LogP contribution in [0.1, 0.15) is 52.4 Å². The minimum absolute atomic E-state index is 0.230. The molecular formula is C13H24O2. The molecule has 0 aromatic heterocycles. The van der Waals surface area contributed by atoms with Crippen LogP contribution in [-0.2, 0) is 4.74 Å². The lowest BCUT2D eigenvalue weighted by Crippen LogP contribution is -2.29. The molecule has 0 aromatic rings. The van der Waals surface area contributed by atoms with E-state index >= 15 is 0 Å². The Morgan fingerprint density at radius 3 is 2.80 bits per heavy atom. The van der Waals surface area contributed by atoms with E-state index in [1.54, 1.807) is 7.11 Å². The molecule has 1 N–H and O–H groups in total. The van der Waals surface area contributed by atoms with Gasteiger partial charge < -0.3 is 9.84 Å². The van der Waals surface area contributed by atoms with E-state index in [0.717, 1.165) is 12.8 Å². The smallest absolute Gasteiger partial charge is 0.0777 e. The molecule has 1 rings (SSSR count). The molecule has 0 amide bonds. The Morgan fingerprint density at radius 2 is 2.13 bits per heavy atom. The van der Waals surface area contributed by atoms with Crippen LogP contribution in [0.15, 0.2) is 11.6 Å². The summed E-state index contributed by atoms with van der Waals surface area (Å²) in [7, 11) is 1.70. The Kier molecular flexibility index (Phi) is 4.81. The number of rotatable bonds is 4. The van der Waals surface area contributed by atoms with Crippen molar-refractivity contribution in [2.75, 3.05) is 7.11 Å². The Morgan fingerprint density at radius 1 is 1.40 bits per heavy atom. The topological polar surface area (TPSA) is 29.5 Å². The number of hydrogen-bond acceptors (Lipinski definition) is 2. The quantitative estimate of drug-likeness (QED) is 0.726. The molecule has 15 heavy (non-hydrogen) atoms. The zero-order valence-electron chi connectivity index (χ0n) is 10.3. The molecule has 1 aliphatic carbocycles. The average molecular weight is 212 g/mol. The molecule has 1 aliphatic rings. The van der Waals surface area contributed by atoms with E-state index in [4.69, 9.17) is 4.74 Å². The van der Waals surface area contributed by atoms with E-state index in [-0.39, 0.29) is 11.7 Å². The van der Waals surface area contributed by atoms with E-state index in [2.05, 4.69) is 6.08 Å². The Balaban J connectivity index is 2.51. The SMILES string of the molecule is COC(C)(C)CC(O)C1=CCCCCC1. The van der Waals surface area contributed by atoms with Gasteiger partial charge in [0.05, 0.1) is 11.7 Å². The number of methoxy groups -OCH3 is 1. The maximum Gasteiger partial charge on any atom is 0.0777 e. The van der Waals surface area contributed by atoms with Gasteiger partial charge in [-0.2, -0.15) is 0 Å². The van der Waals surface area contributed by atoms with Crippen LogP contribution >= 0.6 is 0 Å². The highest BCUT2D eigenvalue weighted by Crippen LogP contribution is 2.25. The number of ether oxygens (including phenoxy) is 1. The highest BCUT2D eigenvalue weighted by atomic mass is 16.5. The second-order valence-electron chi connectivity index (χ2n) is 5.06. The van der Waals surface area contributed by atoms with Crippen molar-refractivity contribution in [1.82, 2.24) is 0 Å². The van der Waals surface area contributed by atoms with Gasteiger partial charge in [-0.1, -0.05) is 12.5 Å². The highest BCUT2D eigenvalue weighted by molar-refractivity contribution is 5.10. The van der Waals surface area contributed by atoms with Gasteiger partial charge in [-0.05, 0) is 45.1 Å². The lowest BCUT2D eigenvalue weighted by Gasteiger charge is -2.27. The summed E-state index contributed by atoms with van der Waals surface area (Å²) in [6.45, 7) is 4.04. The molecule has 0 bridgehead atoms. The molecule has 2 nitrogen and oxygen atoms in total. The zero-order chi connectivity index (χ0) is 11.3. The number of allylic oxidation sites excluding steroid dienone is 1. The molecule has 0 aromatic carbocycles. The molecule has 1 unspecified atom stereocenters. The lowest BCUT2D eigenvalue weighted by atomic mass is 9.93. The summed E-state index contributed by atoms with van der Waals surface area (Å²) >= 11 is 0. The van der Waals surface area contributed by atoms with Gasteiger partial charge in [-0.3, -0.25) is 0 Å². The molecule has 0 saturated carbocycles. The second-order valence-corrected chi connectivity index (χ2v) is 5.06. The van der Waals surface area contributed by atoms with Gasteiger partial charge in [0.1, 0.15) is 0 Å². The van der Waals surface area contributed by atoms with Gasteiger partial charge in [0.15, 0.2) is 0 Å². The largest absolute Gasteiger partial charge is 0.389 e. The summed E-state index contributed by atoms with van der Waals surface area (Å²) in [5.41, 5.74) is 0.990. The number of aliphatic hydroxyl groups is 1. The van der Waals surface area contributed by atoms with Crippen molar-refractivity contribution in [3.8, 4) is 0 Å². The van der Waals surface area contributed by atoms with Gasteiger partial charge >= 0.3 is 0 Å². The van der Waals surface area contributed by atoms with Crippen LogP contribution in [0.25, 0.3) is 0 Å². The maximum absolute atomic E-state index is 10.1. The monoisotopic (exact) mass is 212 g/mol. The first-order chi connectivity index (χ1) is 7.05. The summed E-state index contributed by atoms with van der Waals surface area (Å²) in [6.07, 6.45) is 8.55. The van der Waals surface area contributed by atoms with Crippen LogP contribution in [0.2, 0.25) is 0 Å². The fourth-order valence-electron chi connectivity index (χ4n) is 2.02. The molecule has 2 heteroatoms. The van der Waals surface area contributed by atoms with Gasteiger partial charge in [-0.25, -0.2) is 0 Å². The molecule has 1 atom stereocenters. The van der Waals surface area contributed by atoms with Crippen molar-refractivity contribution in [1.29, 1.82) is 0 Å². The van der Waals surface area contributed by atoms with Crippen molar-refractivity contribution >= 4 is 0 Å². The van der Waals surface area contributed by atoms with Gasteiger partial charge in [0.2, 0.25) is 0 Å². The van der Waals surface area contributed by atoms with Crippen molar-refractivity contribution in [2.24, 2.45) is 0 Å². The van der Waals surface area contributed by atoms with E-state index < -0.39 is 0 Å². The highest BCUT2D eigenvalue weighted by Gasteiger charge is 2.23. The van der Waals surface area contributed by atoms with Crippen LogP contribution in [-0.4, -0.2) is 23.9 Å². The lowest BCUT2D eigenvalue weighted by molar-refractivity contribution is -0.0123. The summed E-state index contributed by atoms with van der Waals surface area (Å²) in [4.78, 5) is 0. The molecular weight excluding hydrogens is 188 g/mol. The molecule has 0 spiro atoms. The van der Waals surface area contributed by atoms with Crippen LogP contribution in [0.3, 0.4) is 0 Å². The van der Waals surface area contributed by atoms with Crippen molar-refractivity contribution in [2.45, 2.75) is 64.1 Å². The van der Waals surface area contributed by atoms with Crippen molar-refractivity contribution in [3.63, 3.8) is 0 Å². The van der Waals surface area contributed by atoms with Crippen LogP contribution in [0.4, 0.5) is 0 Å². The number of hydrogen-bond donors (Lipinski definition) is 1. The van der Waals surface area contributed by atoms with E-state index in [1.165, 1.54) is 24.8 Å². The predicted molar refractivity (Wildman–Crippen MR) is 62.9 cm³/mol.